The quantitative estimate of drug-likeness (QED) is 0.735. The van der Waals surface area contributed by atoms with Crippen LogP contribution in [-0.2, 0) is 7.05 Å². The van der Waals surface area contributed by atoms with E-state index < -0.39 is 0 Å². The molecule has 1 aromatic rings. The molecular formula is C10H19N3O. The van der Waals surface area contributed by atoms with Crippen LogP contribution in [0.2, 0.25) is 0 Å². The summed E-state index contributed by atoms with van der Waals surface area (Å²) in [5.41, 5.74) is 0. The van der Waals surface area contributed by atoms with E-state index in [0.717, 1.165) is 18.8 Å². The van der Waals surface area contributed by atoms with Gasteiger partial charge in [-0.05, 0) is 26.8 Å². The van der Waals surface area contributed by atoms with Gasteiger partial charge in [-0.3, -0.25) is 0 Å². The van der Waals surface area contributed by atoms with Crippen molar-refractivity contribution in [3.63, 3.8) is 0 Å². The van der Waals surface area contributed by atoms with Crippen LogP contribution in [0.4, 0.5) is 0 Å². The Hall–Kier alpha value is -0.870. The summed E-state index contributed by atoms with van der Waals surface area (Å²) in [4.78, 5) is 4.25. The largest absolute Gasteiger partial charge is 0.393 e. The standard InChI is InChI=1S/C10H19N3O/c1-8(14)4-5-11-9(2)10-12-6-7-13(10)3/h6-9,11,14H,4-5H2,1-3H3. The van der Waals surface area contributed by atoms with E-state index >= 15 is 0 Å². The van der Waals surface area contributed by atoms with Gasteiger partial charge in [0.05, 0.1) is 12.1 Å². The zero-order chi connectivity index (χ0) is 10.6. The predicted molar refractivity (Wildman–Crippen MR) is 55.9 cm³/mol. The molecule has 0 aliphatic rings. The molecule has 0 aliphatic heterocycles. The van der Waals surface area contributed by atoms with Gasteiger partial charge >= 0.3 is 0 Å². The van der Waals surface area contributed by atoms with Crippen molar-refractivity contribution in [3.8, 4) is 0 Å². The number of aliphatic hydroxyl groups is 1. The molecule has 14 heavy (non-hydrogen) atoms. The van der Waals surface area contributed by atoms with E-state index in [9.17, 15) is 0 Å². The lowest BCUT2D eigenvalue weighted by atomic mass is 10.2. The van der Waals surface area contributed by atoms with Crippen molar-refractivity contribution in [1.29, 1.82) is 0 Å². The molecule has 1 aromatic heterocycles. The molecule has 0 fully saturated rings. The maximum atomic E-state index is 9.09. The maximum Gasteiger partial charge on any atom is 0.125 e. The van der Waals surface area contributed by atoms with Gasteiger partial charge in [-0.25, -0.2) is 4.98 Å². The van der Waals surface area contributed by atoms with E-state index in [1.165, 1.54) is 0 Å². The zero-order valence-electron chi connectivity index (χ0n) is 9.07. The Kier molecular flexibility index (Phi) is 4.10. The Morgan fingerprint density at radius 2 is 2.29 bits per heavy atom. The van der Waals surface area contributed by atoms with Crippen LogP contribution in [0, 0.1) is 0 Å². The van der Waals surface area contributed by atoms with Crippen molar-refractivity contribution in [2.45, 2.75) is 32.4 Å². The van der Waals surface area contributed by atoms with Crippen molar-refractivity contribution in [1.82, 2.24) is 14.9 Å². The third-order valence-electron chi connectivity index (χ3n) is 2.26. The number of nitrogens with one attached hydrogen (secondary N) is 1. The molecule has 0 aromatic carbocycles. The van der Waals surface area contributed by atoms with Gasteiger partial charge in [0.2, 0.25) is 0 Å². The topological polar surface area (TPSA) is 50.1 Å². The van der Waals surface area contributed by atoms with Crippen LogP contribution >= 0.6 is 0 Å². The molecule has 1 rings (SSSR count). The molecule has 0 saturated carbocycles. The number of aliphatic hydroxyl groups excluding tert-OH is 1. The van der Waals surface area contributed by atoms with E-state index in [-0.39, 0.29) is 12.1 Å². The minimum atomic E-state index is -0.240. The Morgan fingerprint density at radius 3 is 2.79 bits per heavy atom. The van der Waals surface area contributed by atoms with Gasteiger partial charge in [0.1, 0.15) is 5.82 Å². The van der Waals surface area contributed by atoms with Crippen molar-refractivity contribution in [2.24, 2.45) is 7.05 Å². The summed E-state index contributed by atoms with van der Waals surface area (Å²) in [5.74, 6) is 1.02. The highest BCUT2D eigenvalue weighted by Crippen LogP contribution is 2.07. The van der Waals surface area contributed by atoms with Crippen molar-refractivity contribution < 1.29 is 5.11 Å². The number of hydrogen-bond donors (Lipinski definition) is 2. The predicted octanol–water partition coefficient (Wildman–Crippen LogP) is 0.842. The highest BCUT2D eigenvalue weighted by molar-refractivity contribution is 4.96. The van der Waals surface area contributed by atoms with Crippen molar-refractivity contribution in [2.75, 3.05) is 6.54 Å². The van der Waals surface area contributed by atoms with E-state index in [0.29, 0.717) is 0 Å². The van der Waals surface area contributed by atoms with Gasteiger partial charge in [-0.1, -0.05) is 0 Å². The molecule has 2 unspecified atom stereocenters. The van der Waals surface area contributed by atoms with Crippen LogP contribution in [0.25, 0.3) is 0 Å². The second-order valence-electron chi connectivity index (χ2n) is 3.71. The summed E-state index contributed by atoms with van der Waals surface area (Å²) in [6, 6.07) is 0.230. The van der Waals surface area contributed by atoms with E-state index in [1.807, 2.05) is 17.8 Å². The first-order valence-corrected chi connectivity index (χ1v) is 5.00. The molecule has 0 bridgehead atoms. The first kappa shape index (κ1) is 11.2. The maximum absolute atomic E-state index is 9.09. The first-order chi connectivity index (χ1) is 6.61. The minimum absolute atomic E-state index is 0.230. The number of hydrogen-bond acceptors (Lipinski definition) is 3. The second kappa shape index (κ2) is 5.12. The van der Waals surface area contributed by atoms with Crippen LogP contribution in [0.1, 0.15) is 32.1 Å². The Labute approximate surface area is 85.0 Å². The van der Waals surface area contributed by atoms with Crippen LogP contribution in [0.3, 0.4) is 0 Å². The molecule has 0 radical (unpaired) electrons. The van der Waals surface area contributed by atoms with Gasteiger partial charge in [0, 0.05) is 19.4 Å². The number of rotatable bonds is 5. The fourth-order valence-electron chi connectivity index (χ4n) is 1.39. The third kappa shape index (κ3) is 3.12. The van der Waals surface area contributed by atoms with E-state index in [2.05, 4.69) is 17.2 Å². The summed E-state index contributed by atoms with van der Waals surface area (Å²) >= 11 is 0. The van der Waals surface area contributed by atoms with Crippen molar-refractivity contribution >= 4 is 0 Å². The molecule has 80 valence electrons. The lowest BCUT2D eigenvalue weighted by molar-refractivity contribution is 0.182. The second-order valence-corrected chi connectivity index (χ2v) is 3.71. The number of aryl methyl sites for hydroxylation is 1. The highest BCUT2D eigenvalue weighted by atomic mass is 16.3. The van der Waals surface area contributed by atoms with Crippen LogP contribution in [0.15, 0.2) is 12.4 Å². The Balaban J connectivity index is 2.36. The van der Waals surface area contributed by atoms with Gasteiger partial charge < -0.3 is 15.0 Å². The van der Waals surface area contributed by atoms with Crippen molar-refractivity contribution in [3.05, 3.63) is 18.2 Å². The monoisotopic (exact) mass is 197 g/mol. The van der Waals surface area contributed by atoms with E-state index in [1.54, 1.807) is 13.1 Å². The Morgan fingerprint density at radius 1 is 1.57 bits per heavy atom. The van der Waals surface area contributed by atoms with Crippen LogP contribution in [0.5, 0.6) is 0 Å². The summed E-state index contributed by atoms with van der Waals surface area (Å²) in [6.45, 7) is 4.68. The highest BCUT2D eigenvalue weighted by Gasteiger charge is 2.08. The van der Waals surface area contributed by atoms with Gasteiger partial charge in [0.25, 0.3) is 0 Å². The fraction of sp³-hybridized carbons (Fsp3) is 0.700. The fourth-order valence-corrected chi connectivity index (χ4v) is 1.39. The Bertz CT molecular complexity index is 270. The summed E-state index contributed by atoms with van der Waals surface area (Å²) in [5, 5.41) is 12.4. The number of nitrogens with zero attached hydrogens (tertiary/aromatic N) is 2. The SMILES string of the molecule is CC(O)CCNC(C)c1nccn1C. The first-order valence-electron chi connectivity index (χ1n) is 5.00. The number of imidazole rings is 1. The average Bonchev–Trinajstić information content (AvgIpc) is 2.50. The van der Waals surface area contributed by atoms with E-state index in [4.69, 9.17) is 5.11 Å². The molecular weight excluding hydrogens is 178 g/mol. The molecule has 1 heterocycles. The van der Waals surface area contributed by atoms with Gasteiger partial charge in [0.15, 0.2) is 0 Å². The number of aromatic nitrogens is 2. The molecule has 0 amide bonds. The molecule has 2 N–H and O–H groups in total. The smallest absolute Gasteiger partial charge is 0.125 e. The summed E-state index contributed by atoms with van der Waals surface area (Å²) < 4.78 is 2.00. The lowest BCUT2D eigenvalue weighted by Gasteiger charge is -2.14. The molecule has 4 nitrogen and oxygen atoms in total. The molecule has 0 aliphatic carbocycles. The minimum Gasteiger partial charge on any atom is -0.393 e. The average molecular weight is 197 g/mol. The van der Waals surface area contributed by atoms with Gasteiger partial charge in [-0.2, -0.15) is 0 Å². The zero-order valence-corrected chi connectivity index (χ0v) is 9.07. The summed E-state index contributed by atoms with van der Waals surface area (Å²) in [7, 11) is 1.98. The van der Waals surface area contributed by atoms with Crippen LogP contribution < -0.4 is 5.32 Å². The lowest BCUT2D eigenvalue weighted by Crippen LogP contribution is -2.24. The normalized spacial score (nSPS) is 15.4. The van der Waals surface area contributed by atoms with Crippen LogP contribution in [-0.4, -0.2) is 27.3 Å². The third-order valence-corrected chi connectivity index (χ3v) is 2.26. The molecule has 0 spiro atoms. The van der Waals surface area contributed by atoms with Gasteiger partial charge in [-0.15, -0.1) is 0 Å². The molecule has 2 atom stereocenters. The summed E-state index contributed by atoms with van der Waals surface area (Å²) in [6.07, 6.45) is 4.26. The molecule has 4 heteroatoms. The molecule has 0 saturated heterocycles.